The molecule has 0 radical (unpaired) electrons. The maximum atomic E-state index is 9.75. The predicted octanol–water partition coefficient (Wildman–Crippen LogP) is -0.556. The second kappa shape index (κ2) is 5.53. The first-order valence-corrected chi connectivity index (χ1v) is 2.92. The number of nitrogens with zero attached hydrogens (tertiary/aromatic N) is 1. The van der Waals surface area contributed by atoms with E-state index in [1.807, 2.05) is 6.92 Å². The Hall–Kier alpha value is -0.610. The third-order valence-electron chi connectivity index (χ3n) is 0.889. The molecule has 1 amide bonds. The summed E-state index contributed by atoms with van der Waals surface area (Å²) in [5.74, 6) is 0. The summed E-state index contributed by atoms with van der Waals surface area (Å²) < 4.78 is 0. The minimum Gasteiger partial charge on any atom is -0.315 e. The number of hydrogen-bond acceptors (Lipinski definition) is 3. The number of carbonyl (C=O) groups is 1. The van der Waals surface area contributed by atoms with E-state index in [1.54, 1.807) is 0 Å². The molecule has 2 N–H and O–H groups in total. The van der Waals surface area contributed by atoms with Gasteiger partial charge in [-0.2, -0.15) is 0 Å². The first-order valence-electron chi connectivity index (χ1n) is 2.92. The lowest BCUT2D eigenvalue weighted by Gasteiger charge is -2.06. The molecule has 0 bridgehead atoms. The zero-order valence-electron chi connectivity index (χ0n) is 5.50. The molecule has 4 nitrogen and oxygen atoms in total. The summed E-state index contributed by atoms with van der Waals surface area (Å²) in [5, 5.41) is 12.1. The smallest absolute Gasteiger partial charge is 0.233 e. The molecule has 0 unspecified atom stereocenters. The van der Waals surface area contributed by atoms with Crippen molar-refractivity contribution in [2.45, 2.75) is 6.92 Å². The Morgan fingerprint density at radius 3 is 2.89 bits per heavy atom. The van der Waals surface area contributed by atoms with Crippen molar-refractivity contribution in [1.29, 1.82) is 0 Å². The summed E-state index contributed by atoms with van der Waals surface area (Å²) in [5.41, 5.74) is 0. The van der Waals surface area contributed by atoms with E-state index < -0.39 is 0 Å². The molecule has 9 heavy (non-hydrogen) atoms. The van der Waals surface area contributed by atoms with Gasteiger partial charge in [0.05, 0.1) is 6.54 Å². The van der Waals surface area contributed by atoms with Crippen molar-refractivity contribution in [3.63, 3.8) is 0 Å². The Morgan fingerprint density at radius 1 is 1.78 bits per heavy atom. The molecule has 0 saturated carbocycles. The molecular weight excluding hydrogens is 120 g/mol. The normalized spacial score (nSPS) is 9.11. The summed E-state index contributed by atoms with van der Waals surface area (Å²) in [4.78, 5) is 9.75. The van der Waals surface area contributed by atoms with Gasteiger partial charge in [-0.3, -0.25) is 10.0 Å². The Kier molecular flexibility index (Phi) is 5.15. The third kappa shape index (κ3) is 5.26. The van der Waals surface area contributed by atoms with Crippen molar-refractivity contribution in [2.24, 2.45) is 0 Å². The van der Waals surface area contributed by atoms with Gasteiger partial charge in [0.25, 0.3) is 0 Å². The molecule has 4 heteroatoms. The van der Waals surface area contributed by atoms with E-state index in [-0.39, 0.29) is 0 Å². The number of hydroxylamine groups is 2. The lowest BCUT2D eigenvalue weighted by atomic mass is 10.6. The van der Waals surface area contributed by atoms with Crippen LogP contribution >= 0.6 is 0 Å². The van der Waals surface area contributed by atoms with Gasteiger partial charge in [0, 0.05) is 6.54 Å². The van der Waals surface area contributed by atoms with E-state index in [4.69, 9.17) is 5.21 Å². The van der Waals surface area contributed by atoms with Crippen molar-refractivity contribution in [1.82, 2.24) is 10.4 Å². The number of nitrogens with one attached hydrogen (secondary N) is 1. The maximum absolute atomic E-state index is 9.75. The first kappa shape index (κ1) is 8.39. The lowest BCUT2D eigenvalue weighted by molar-refractivity contribution is -0.149. The van der Waals surface area contributed by atoms with E-state index in [0.717, 1.165) is 6.54 Å². The van der Waals surface area contributed by atoms with Crippen molar-refractivity contribution >= 4 is 6.41 Å². The van der Waals surface area contributed by atoms with Gasteiger partial charge in [-0.15, -0.1) is 0 Å². The number of rotatable bonds is 5. The summed E-state index contributed by atoms with van der Waals surface area (Å²) >= 11 is 0. The van der Waals surface area contributed by atoms with E-state index in [2.05, 4.69) is 5.32 Å². The molecule has 0 atom stereocenters. The highest BCUT2D eigenvalue weighted by atomic mass is 16.5. The van der Waals surface area contributed by atoms with Crippen LogP contribution in [0.25, 0.3) is 0 Å². The monoisotopic (exact) mass is 132 g/mol. The van der Waals surface area contributed by atoms with Gasteiger partial charge >= 0.3 is 0 Å². The van der Waals surface area contributed by atoms with Crippen LogP contribution in [0, 0.1) is 0 Å². The fourth-order valence-corrected chi connectivity index (χ4v) is 0.423. The summed E-state index contributed by atoms with van der Waals surface area (Å²) in [6.45, 7) is 3.79. The largest absolute Gasteiger partial charge is 0.315 e. The quantitative estimate of drug-likeness (QED) is 0.228. The van der Waals surface area contributed by atoms with E-state index in [0.29, 0.717) is 24.6 Å². The van der Waals surface area contributed by atoms with Gasteiger partial charge in [-0.05, 0) is 6.54 Å². The molecule has 0 aliphatic carbocycles. The Morgan fingerprint density at radius 2 is 2.44 bits per heavy atom. The SMILES string of the molecule is CCNCCN(O)C=O. The molecule has 0 saturated heterocycles. The van der Waals surface area contributed by atoms with Gasteiger partial charge in [0.15, 0.2) is 0 Å². The van der Waals surface area contributed by atoms with Crippen LogP contribution in [0.15, 0.2) is 0 Å². The predicted molar refractivity (Wildman–Crippen MR) is 33.1 cm³/mol. The fourth-order valence-electron chi connectivity index (χ4n) is 0.423. The van der Waals surface area contributed by atoms with E-state index >= 15 is 0 Å². The standard InChI is InChI=1S/C5H12N2O2/c1-2-6-3-4-7(9)5-8/h5-6,9H,2-4H2,1H3. The minimum absolute atomic E-state index is 0.345. The fraction of sp³-hybridized carbons (Fsp3) is 0.800. The molecule has 0 heterocycles. The average Bonchev–Trinajstić information content (AvgIpc) is 1.89. The van der Waals surface area contributed by atoms with Gasteiger partial charge in [-0.1, -0.05) is 6.92 Å². The molecule has 54 valence electrons. The number of carbonyl (C=O) groups excluding carboxylic acids is 1. The zero-order valence-corrected chi connectivity index (χ0v) is 5.50. The maximum Gasteiger partial charge on any atom is 0.233 e. The number of likely N-dealkylation sites (N-methyl/N-ethyl adjacent to an activating group) is 1. The van der Waals surface area contributed by atoms with Crippen molar-refractivity contribution in [2.75, 3.05) is 19.6 Å². The average molecular weight is 132 g/mol. The minimum atomic E-state index is 0.345. The Balaban J connectivity index is 2.96. The zero-order chi connectivity index (χ0) is 7.11. The molecule has 0 aliphatic rings. The van der Waals surface area contributed by atoms with Crippen LogP contribution in [0.3, 0.4) is 0 Å². The summed E-state index contributed by atoms with van der Waals surface area (Å²) in [6.07, 6.45) is 0.386. The van der Waals surface area contributed by atoms with Gasteiger partial charge in [0.1, 0.15) is 0 Å². The highest BCUT2D eigenvalue weighted by molar-refractivity contribution is 5.44. The van der Waals surface area contributed by atoms with Crippen LogP contribution < -0.4 is 5.32 Å². The Labute approximate surface area is 54.4 Å². The second-order valence-corrected chi connectivity index (χ2v) is 1.62. The molecular formula is C5H12N2O2. The van der Waals surface area contributed by atoms with E-state index in [1.165, 1.54) is 0 Å². The second-order valence-electron chi connectivity index (χ2n) is 1.62. The summed E-state index contributed by atoms with van der Waals surface area (Å²) in [6, 6.07) is 0. The lowest BCUT2D eigenvalue weighted by Crippen LogP contribution is -2.28. The van der Waals surface area contributed by atoms with Crippen LogP contribution in [-0.4, -0.2) is 36.3 Å². The molecule has 0 rings (SSSR count). The highest BCUT2D eigenvalue weighted by Gasteiger charge is 1.91. The van der Waals surface area contributed by atoms with Gasteiger partial charge in [-0.25, -0.2) is 5.06 Å². The third-order valence-corrected chi connectivity index (χ3v) is 0.889. The van der Waals surface area contributed by atoms with Crippen LogP contribution in [0.4, 0.5) is 0 Å². The van der Waals surface area contributed by atoms with Crippen molar-refractivity contribution < 1.29 is 10.0 Å². The van der Waals surface area contributed by atoms with Crippen molar-refractivity contribution in [3.8, 4) is 0 Å². The molecule has 0 fully saturated rings. The molecule has 0 aromatic carbocycles. The van der Waals surface area contributed by atoms with Gasteiger partial charge < -0.3 is 5.32 Å². The number of hydrogen-bond donors (Lipinski definition) is 2. The molecule has 0 aromatic heterocycles. The van der Waals surface area contributed by atoms with Crippen LogP contribution in [0.2, 0.25) is 0 Å². The van der Waals surface area contributed by atoms with Gasteiger partial charge in [0.2, 0.25) is 6.41 Å². The van der Waals surface area contributed by atoms with Crippen LogP contribution in [0.5, 0.6) is 0 Å². The first-order chi connectivity index (χ1) is 4.31. The number of amides is 1. The molecule has 0 aromatic rings. The van der Waals surface area contributed by atoms with E-state index in [9.17, 15) is 4.79 Å². The molecule has 0 spiro atoms. The topological polar surface area (TPSA) is 52.6 Å². The van der Waals surface area contributed by atoms with Crippen molar-refractivity contribution in [3.05, 3.63) is 0 Å². The highest BCUT2D eigenvalue weighted by Crippen LogP contribution is 1.69. The Bertz CT molecular complexity index is 77.4. The summed E-state index contributed by atoms with van der Waals surface area (Å²) in [7, 11) is 0. The van der Waals surface area contributed by atoms with Crippen LogP contribution in [0.1, 0.15) is 6.92 Å². The van der Waals surface area contributed by atoms with Crippen LogP contribution in [-0.2, 0) is 4.79 Å². The molecule has 0 aliphatic heterocycles.